The molecule has 0 aromatic carbocycles. The van der Waals surface area contributed by atoms with E-state index in [2.05, 4.69) is 23.4 Å². The van der Waals surface area contributed by atoms with Crippen LogP contribution in [0.5, 0.6) is 0 Å². The molecule has 1 unspecified atom stereocenters. The van der Waals surface area contributed by atoms with Crippen molar-refractivity contribution in [2.45, 2.75) is 39.3 Å². The molecule has 7 nitrogen and oxygen atoms in total. The molecule has 1 atom stereocenters. The Bertz CT molecular complexity index is 911. The van der Waals surface area contributed by atoms with Crippen LogP contribution < -0.4 is 17.0 Å². The first-order chi connectivity index (χ1) is 11.9. The maximum Gasteiger partial charge on any atom is 0.329 e. The number of nitrogens with two attached hydrogens (primary N) is 1. The van der Waals surface area contributed by atoms with Gasteiger partial charge in [0.15, 0.2) is 5.78 Å². The number of thiophene rings is 1. The van der Waals surface area contributed by atoms with Gasteiger partial charge in [-0.15, -0.1) is 11.3 Å². The first-order valence-corrected chi connectivity index (χ1v) is 9.28. The van der Waals surface area contributed by atoms with Gasteiger partial charge < -0.3 is 5.73 Å². The second kappa shape index (κ2) is 6.97. The number of ketones is 1. The predicted molar refractivity (Wildman–Crippen MR) is 98.4 cm³/mol. The summed E-state index contributed by atoms with van der Waals surface area (Å²) in [5.74, 6) is -0.393. The van der Waals surface area contributed by atoms with Gasteiger partial charge in [-0.1, -0.05) is 6.92 Å². The minimum atomic E-state index is -0.708. The quantitative estimate of drug-likeness (QED) is 0.783. The highest BCUT2D eigenvalue weighted by Gasteiger charge is 2.28. The minimum Gasteiger partial charge on any atom is -0.384 e. The second-order valence-electron chi connectivity index (χ2n) is 6.29. The maximum absolute atomic E-state index is 12.8. The van der Waals surface area contributed by atoms with Gasteiger partial charge in [-0.3, -0.25) is 24.0 Å². The third kappa shape index (κ3) is 3.19. The Kier molecular flexibility index (Phi) is 4.91. The fraction of sp³-hybridized carbons (Fsp3) is 0.471. The van der Waals surface area contributed by atoms with E-state index in [0.717, 1.165) is 13.0 Å². The average molecular weight is 362 g/mol. The summed E-state index contributed by atoms with van der Waals surface area (Å²) >= 11 is 1.74. The van der Waals surface area contributed by atoms with Gasteiger partial charge in [0.1, 0.15) is 11.4 Å². The van der Waals surface area contributed by atoms with Crippen LogP contribution in [0.25, 0.3) is 0 Å². The summed E-state index contributed by atoms with van der Waals surface area (Å²) in [6.07, 6.45) is 1.57. The van der Waals surface area contributed by atoms with Gasteiger partial charge in [0.2, 0.25) is 0 Å². The van der Waals surface area contributed by atoms with E-state index in [-0.39, 0.29) is 29.8 Å². The van der Waals surface area contributed by atoms with Gasteiger partial charge in [0, 0.05) is 24.0 Å². The molecule has 1 aliphatic rings. The van der Waals surface area contributed by atoms with E-state index in [1.54, 1.807) is 11.3 Å². The van der Waals surface area contributed by atoms with Crippen LogP contribution in [-0.2, 0) is 13.0 Å². The highest BCUT2D eigenvalue weighted by Crippen LogP contribution is 2.32. The molecule has 0 radical (unpaired) electrons. The summed E-state index contributed by atoms with van der Waals surface area (Å²) < 4.78 is 1.26. The van der Waals surface area contributed by atoms with E-state index in [4.69, 9.17) is 5.73 Å². The number of aromatic nitrogens is 2. The van der Waals surface area contributed by atoms with E-state index >= 15 is 0 Å². The molecule has 3 rings (SSSR count). The van der Waals surface area contributed by atoms with Crippen LogP contribution in [0.2, 0.25) is 0 Å². The number of nitrogen functional groups attached to an aromatic ring is 1. The number of nitrogens with zero attached hydrogens (tertiary/aromatic N) is 2. The fourth-order valence-electron chi connectivity index (χ4n) is 3.34. The second-order valence-corrected chi connectivity index (χ2v) is 7.29. The molecule has 3 N–H and O–H groups in total. The number of rotatable bonds is 5. The van der Waals surface area contributed by atoms with Crippen LogP contribution in [0.3, 0.4) is 0 Å². The standard InChI is InChI=1S/C17H22N4O3S/c1-3-6-21-15(18)14(16(23)19-17(21)24)12(22)9-20-7-4-13-11(10(20)2)5-8-25-13/h5,8,10H,3-4,6-7,9,18H2,1-2H3,(H,19,23,24). The molecule has 0 amide bonds. The van der Waals surface area contributed by atoms with Crippen molar-refractivity contribution in [3.63, 3.8) is 0 Å². The minimum absolute atomic E-state index is 0.0403. The SMILES string of the molecule is CCCn1c(N)c(C(=O)CN2CCc3sccc3C2C)c(=O)[nH]c1=O. The number of anilines is 1. The normalized spacial score (nSPS) is 17.4. The molecule has 0 saturated carbocycles. The molecule has 1 aliphatic heterocycles. The number of carbonyl (C=O) groups excluding carboxylic acids is 1. The van der Waals surface area contributed by atoms with Crippen LogP contribution in [0.4, 0.5) is 5.82 Å². The summed E-state index contributed by atoms with van der Waals surface area (Å²) in [6, 6.07) is 2.20. The highest BCUT2D eigenvalue weighted by molar-refractivity contribution is 7.10. The van der Waals surface area contributed by atoms with Crippen molar-refractivity contribution < 1.29 is 4.79 Å². The summed E-state index contributed by atoms with van der Waals surface area (Å²) in [6.45, 7) is 5.18. The van der Waals surface area contributed by atoms with Gasteiger partial charge in [-0.05, 0) is 36.8 Å². The number of nitrogens with one attached hydrogen (secondary N) is 1. The molecule has 0 bridgehead atoms. The molecule has 25 heavy (non-hydrogen) atoms. The molecule has 0 aliphatic carbocycles. The number of carbonyl (C=O) groups is 1. The molecule has 2 aromatic rings. The zero-order valence-electron chi connectivity index (χ0n) is 14.4. The summed E-state index contributed by atoms with van der Waals surface area (Å²) in [5, 5.41) is 2.07. The van der Waals surface area contributed by atoms with Crippen molar-refractivity contribution >= 4 is 22.9 Å². The largest absolute Gasteiger partial charge is 0.384 e. The lowest BCUT2D eigenvalue weighted by Gasteiger charge is -2.33. The average Bonchev–Trinajstić information content (AvgIpc) is 3.03. The van der Waals surface area contributed by atoms with Crippen LogP contribution in [-0.4, -0.2) is 33.3 Å². The van der Waals surface area contributed by atoms with E-state index in [1.165, 1.54) is 15.0 Å². The highest BCUT2D eigenvalue weighted by atomic mass is 32.1. The number of Topliss-reactive ketones (excluding diaryl/α,β-unsaturated/α-hetero) is 1. The van der Waals surface area contributed by atoms with E-state index in [9.17, 15) is 14.4 Å². The summed E-state index contributed by atoms with van der Waals surface area (Å²) in [5.41, 5.74) is 5.82. The monoisotopic (exact) mass is 362 g/mol. The number of hydrogen-bond donors (Lipinski definition) is 2. The van der Waals surface area contributed by atoms with Crippen molar-refractivity contribution in [2.75, 3.05) is 18.8 Å². The summed E-state index contributed by atoms with van der Waals surface area (Å²) in [7, 11) is 0. The topological polar surface area (TPSA) is 101 Å². The maximum atomic E-state index is 12.8. The van der Waals surface area contributed by atoms with Crippen molar-refractivity contribution in [3.05, 3.63) is 48.3 Å². The Morgan fingerprint density at radius 3 is 2.92 bits per heavy atom. The van der Waals surface area contributed by atoms with Gasteiger partial charge >= 0.3 is 5.69 Å². The molecule has 134 valence electrons. The molecule has 8 heteroatoms. The van der Waals surface area contributed by atoms with Crippen LogP contribution in [0.15, 0.2) is 21.0 Å². The first kappa shape index (κ1) is 17.6. The molecular formula is C17H22N4O3S. The number of aromatic amines is 1. The smallest absolute Gasteiger partial charge is 0.329 e. The fourth-order valence-corrected chi connectivity index (χ4v) is 4.31. The lowest BCUT2D eigenvalue weighted by atomic mass is 10.0. The van der Waals surface area contributed by atoms with Crippen LogP contribution in [0, 0.1) is 0 Å². The molecule has 3 heterocycles. The van der Waals surface area contributed by atoms with Crippen molar-refractivity contribution in [1.29, 1.82) is 0 Å². The molecular weight excluding hydrogens is 340 g/mol. The zero-order valence-corrected chi connectivity index (χ0v) is 15.2. The van der Waals surface area contributed by atoms with Gasteiger partial charge in [-0.25, -0.2) is 4.79 Å². The number of hydrogen-bond acceptors (Lipinski definition) is 6. The zero-order chi connectivity index (χ0) is 18.1. The van der Waals surface area contributed by atoms with Gasteiger partial charge in [0.05, 0.1) is 6.54 Å². The molecule has 2 aromatic heterocycles. The summed E-state index contributed by atoms with van der Waals surface area (Å²) in [4.78, 5) is 42.4. The van der Waals surface area contributed by atoms with E-state index < -0.39 is 11.2 Å². The number of H-pyrrole nitrogens is 1. The predicted octanol–water partition coefficient (Wildman–Crippen LogP) is 1.39. The lowest BCUT2D eigenvalue weighted by Crippen LogP contribution is -2.41. The lowest BCUT2D eigenvalue weighted by molar-refractivity contribution is 0.0890. The molecule has 0 saturated heterocycles. The van der Waals surface area contributed by atoms with E-state index in [0.29, 0.717) is 13.0 Å². The van der Waals surface area contributed by atoms with Gasteiger partial charge in [-0.2, -0.15) is 0 Å². The van der Waals surface area contributed by atoms with E-state index in [1.807, 2.05) is 11.8 Å². The Labute approximate surface area is 149 Å². The Hall–Kier alpha value is -2.19. The third-order valence-corrected chi connectivity index (χ3v) is 5.71. The van der Waals surface area contributed by atoms with Crippen molar-refractivity contribution in [1.82, 2.24) is 14.5 Å². The Balaban J connectivity index is 1.89. The van der Waals surface area contributed by atoms with Crippen LogP contribution >= 0.6 is 11.3 Å². The van der Waals surface area contributed by atoms with Crippen molar-refractivity contribution in [3.8, 4) is 0 Å². The first-order valence-electron chi connectivity index (χ1n) is 8.40. The Morgan fingerprint density at radius 1 is 1.44 bits per heavy atom. The Morgan fingerprint density at radius 2 is 2.20 bits per heavy atom. The van der Waals surface area contributed by atoms with Crippen LogP contribution in [0.1, 0.15) is 47.1 Å². The molecule has 0 fully saturated rings. The van der Waals surface area contributed by atoms with Crippen molar-refractivity contribution in [2.24, 2.45) is 0 Å². The number of fused-ring (bicyclic) bond motifs is 1. The molecule has 0 spiro atoms. The van der Waals surface area contributed by atoms with Gasteiger partial charge in [0.25, 0.3) is 5.56 Å². The third-order valence-electron chi connectivity index (χ3n) is 4.72.